The Morgan fingerprint density at radius 3 is 2.58 bits per heavy atom. The minimum absolute atomic E-state index is 0.0299. The lowest BCUT2D eigenvalue weighted by molar-refractivity contribution is -0.142. The summed E-state index contributed by atoms with van der Waals surface area (Å²) in [5.41, 5.74) is 0.862. The van der Waals surface area contributed by atoms with Crippen LogP contribution in [0.1, 0.15) is 94.0 Å². The molecule has 1 aromatic rings. The first kappa shape index (κ1) is 25.7. The number of fused-ring (bicyclic) bond motifs is 5. The molecule has 0 spiro atoms. The molecule has 2 unspecified atom stereocenters. The second-order valence-electron chi connectivity index (χ2n) is 12.9. The van der Waals surface area contributed by atoms with Gasteiger partial charge >= 0.3 is 0 Å². The topological polar surface area (TPSA) is 82.3 Å². The predicted molar refractivity (Wildman–Crippen MR) is 140 cm³/mol. The number of ether oxygens (including phenoxy) is 1. The zero-order valence-corrected chi connectivity index (χ0v) is 22.3. The Kier molecular flexibility index (Phi) is 7.22. The number of benzene rings is 1. The van der Waals surface area contributed by atoms with Crippen LogP contribution in [0.5, 0.6) is 0 Å². The van der Waals surface area contributed by atoms with Crippen LogP contribution in [0.3, 0.4) is 0 Å². The normalized spacial score (nSPS) is 40.6. The van der Waals surface area contributed by atoms with Gasteiger partial charge in [-0.2, -0.15) is 5.26 Å². The van der Waals surface area contributed by atoms with Crippen molar-refractivity contribution in [2.24, 2.45) is 40.9 Å². The Balaban J connectivity index is 1.27. The van der Waals surface area contributed by atoms with Crippen molar-refractivity contribution in [2.45, 2.75) is 89.7 Å². The van der Waals surface area contributed by atoms with Crippen molar-refractivity contribution in [3.05, 3.63) is 35.4 Å². The number of hydrogen-bond donors (Lipinski definition) is 2. The predicted octanol–water partition coefficient (Wildman–Crippen LogP) is 5.71. The van der Waals surface area contributed by atoms with E-state index in [-0.39, 0.29) is 17.4 Å². The molecule has 4 fully saturated rings. The lowest BCUT2D eigenvalue weighted by Crippen LogP contribution is -2.57. The van der Waals surface area contributed by atoms with Gasteiger partial charge in [-0.1, -0.05) is 13.3 Å². The van der Waals surface area contributed by atoms with Crippen molar-refractivity contribution in [3.63, 3.8) is 0 Å². The fraction of sp³-hybridized carbons (Fsp3) is 0.742. The highest BCUT2D eigenvalue weighted by molar-refractivity contribution is 5.94. The highest BCUT2D eigenvalue weighted by Gasteiger charge is 2.57. The van der Waals surface area contributed by atoms with Crippen molar-refractivity contribution in [1.29, 1.82) is 5.26 Å². The average Bonchev–Trinajstić information content (AvgIpc) is 2.87. The monoisotopic (exact) mass is 492 g/mol. The van der Waals surface area contributed by atoms with Crippen LogP contribution in [0.25, 0.3) is 0 Å². The molecule has 0 heterocycles. The third-order valence-electron chi connectivity index (χ3n) is 11.1. The molecule has 36 heavy (non-hydrogen) atoms. The fourth-order valence-corrected chi connectivity index (χ4v) is 9.51. The highest BCUT2D eigenvalue weighted by atomic mass is 16.5. The van der Waals surface area contributed by atoms with E-state index in [2.05, 4.69) is 25.2 Å². The lowest BCUT2D eigenvalue weighted by Gasteiger charge is -2.61. The van der Waals surface area contributed by atoms with Gasteiger partial charge in [0, 0.05) is 18.7 Å². The minimum Gasteiger partial charge on any atom is -0.387 e. The number of methoxy groups -OCH3 is 1. The molecular weight excluding hydrogens is 448 g/mol. The number of nitriles is 1. The summed E-state index contributed by atoms with van der Waals surface area (Å²) in [5.74, 6) is 4.21. The molecule has 0 aromatic heterocycles. The van der Waals surface area contributed by atoms with Crippen molar-refractivity contribution in [2.75, 3.05) is 13.7 Å². The number of nitrogens with zero attached hydrogens (tertiary/aromatic N) is 1. The number of hydrogen-bond acceptors (Lipinski definition) is 4. The quantitative estimate of drug-likeness (QED) is 0.551. The van der Waals surface area contributed by atoms with Crippen LogP contribution in [0.4, 0.5) is 0 Å². The second-order valence-corrected chi connectivity index (χ2v) is 12.9. The molecular formula is C31H44N2O3. The molecule has 4 aliphatic rings. The Bertz CT molecular complexity index is 987. The maximum absolute atomic E-state index is 13.0. The van der Waals surface area contributed by atoms with E-state index in [4.69, 9.17) is 10.00 Å². The molecule has 9 atom stereocenters. The van der Waals surface area contributed by atoms with Crippen LogP contribution in [-0.2, 0) is 4.74 Å². The Labute approximate surface area is 217 Å². The van der Waals surface area contributed by atoms with E-state index in [1.807, 2.05) is 0 Å². The van der Waals surface area contributed by atoms with Gasteiger partial charge in [-0.15, -0.1) is 0 Å². The van der Waals surface area contributed by atoms with Gasteiger partial charge in [-0.25, -0.2) is 0 Å². The summed E-state index contributed by atoms with van der Waals surface area (Å²) < 4.78 is 5.36. The number of nitrogens with one attached hydrogen (secondary N) is 1. The molecule has 0 aliphatic heterocycles. The van der Waals surface area contributed by atoms with Gasteiger partial charge in [0.1, 0.15) is 0 Å². The van der Waals surface area contributed by atoms with Gasteiger partial charge in [-0.05, 0) is 130 Å². The number of aliphatic hydroxyl groups is 1. The van der Waals surface area contributed by atoms with Gasteiger partial charge in [0.25, 0.3) is 5.91 Å². The van der Waals surface area contributed by atoms with Crippen molar-refractivity contribution >= 4 is 5.91 Å². The molecule has 1 amide bonds. The molecule has 196 valence electrons. The van der Waals surface area contributed by atoms with Crippen molar-refractivity contribution < 1.29 is 14.6 Å². The van der Waals surface area contributed by atoms with E-state index in [1.165, 1.54) is 44.9 Å². The first-order valence-corrected chi connectivity index (χ1v) is 14.3. The molecule has 5 nitrogen and oxygen atoms in total. The number of carbonyl (C=O) groups excluding carboxylic acids is 1. The standard InChI is InChI=1S/C31H44N2O3/c1-20(33-29(34)22-9-7-21(18-32)8-10-22)27-5-4-6-28-26-12-11-23-17-31(35,19-36-3)16-14-24(23)25(26)13-15-30(27,28)2/h7-10,20,23-28,35H,4-6,11-17,19H2,1-3H3,(H,33,34)/t20?,23-,24+,25?,26-,27-,28+,30-,31-/m1/s1. The first-order valence-electron chi connectivity index (χ1n) is 14.3. The molecule has 4 saturated carbocycles. The molecule has 5 rings (SSSR count). The summed E-state index contributed by atoms with van der Waals surface area (Å²) >= 11 is 0. The van der Waals surface area contributed by atoms with Crippen LogP contribution in [-0.4, -0.2) is 36.4 Å². The number of carbonyl (C=O) groups is 1. The van der Waals surface area contributed by atoms with Crippen molar-refractivity contribution in [1.82, 2.24) is 5.32 Å². The second kappa shape index (κ2) is 10.1. The summed E-state index contributed by atoms with van der Waals surface area (Å²) in [6, 6.07) is 9.21. The summed E-state index contributed by atoms with van der Waals surface area (Å²) in [6.45, 7) is 5.21. The Morgan fingerprint density at radius 2 is 1.86 bits per heavy atom. The number of rotatable bonds is 5. The molecule has 0 radical (unpaired) electrons. The Hall–Kier alpha value is -1.90. The highest BCUT2D eigenvalue weighted by Crippen LogP contribution is 2.63. The van der Waals surface area contributed by atoms with Gasteiger partial charge in [-0.3, -0.25) is 4.79 Å². The summed E-state index contributed by atoms with van der Waals surface area (Å²) in [6.07, 6.45) is 11.8. The molecule has 1 aromatic carbocycles. The minimum atomic E-state index is -0.621. The maximum atomic E-state index is 13.0. The molecule has 5 heteroatoms. The molecule has 0 bridgehead atoms. The molecule has 0 saturated heterocycles. The van der Waals surface area contributed by atoms with Crippen LogP contribution in [0.2, 0.25) is 0 Å². The van der Waals surface area contributed by atoms with E-state index in [9.17, 15) is 9.90 Å². The van der Waals surface area contributed by atoms with E-state index >= 15 is 0 Å². The lowest BCUT2D eigenvalue weighted by atomic mass is 9.44. The van der Waals surface area contributed by atoms with Gasteiger partial charge in [0.15, 0.2) is 0 Å². The van der Waals surface area contributed by atoms with Crippen molar-refractivity contribution in [3.8, 4) is 6.07 Å². The first-order chi connectivity index (χ1) is 17.3. The van der Waals surface area contributed by atoms with Crippen LogP contribution >= 0.6 is 0 Å². The Morgan fingerprint density at radius 1 is 1.11 bits per heavy atom. The van der Waals surface area contributed by atoms with Gasteiger partial charge < -0.3 is 15.2 Å². The maximum Gasteiger partial charge on any atom is 0.251 e. The van der Waals surface area contributed by atoms with Gasteiger partial charge in [0.2, 0.25) is 0 Å². The summed E-state index contributed by atoms with van der Waals surface area (Å²) in [4.78, 5) is 13.0. The van der Waals surface area contributed by atoms with E-state index in [1.54, 1.807) is 31.4 Å². The van der Waals surface area contributed by atoms with E-state index in [0.29, 0.717) is 29.6 Å². The zero-order chi connectivity index (χ0) is 25.5. The van der Waals surface area contributed by atoms with Crippen LogP contribution in [0, 0.1) is 52.3 Å². The molecule has 4 aliphatic carbocycles. The van der Waals surface area contributed by atoms with E-state index in [0.717, 1.165) is 42.9 Å². The third-order valence-corrected chi connectivity index (χ3v) is 11.1. The van der Waals surface area contributed by atoms with Crippen LogP contribution in [0.15, 0.2) is 24.3 Å². The third kappa shape index (κ3) is 4.61. The summed E-state index contributed by atoms with van der Waals surface area (Å²) in [5, 5.41) is 23.4. The largest absolute Gasteiger partial charge is 0.387 e. The summed E-state index contributed by atoms with van der Waals surface area (Å²) in [7, 11) is 1.70. The number of amides is 1. The van der Waals surface area contributed by atoms with Gasteiger partial charge in [0.05, 0.1) is 23.8 Å². The average molecular weight is 493 g/mol. The van der Waals surface area contributed by atoms with E-state index < -0.39 is 5.60 Å². The fourth-order valence-electron chi connectivity index (χ4n) is 9.51. The smallest absolute Gasteiger partial charge is 0.251 e. The molecule has 2 N–H and O–H groups in total. The van der Waals surface area contributed by atoms with Crippen LogP contribution < -0.4 is 5.32 Å². The SMILES string of the molecule is COC[C@@]1(O)CC[C@@H]2C3CC[C@]4(C)[C@@H](C(C)NC(=O)c5ccc(C#N)cc5)CCC[C@H]4[C@@H]3CC[C@@H]2C1. The zero-order valence-electron chi connectivity index (χ0n) is 22.3.